The van der Waals surface area contributed by atoms with Gasteiger partial charge in [-0.1, -0.05) is 5.92 Å². The number of carbonyl (C=O) groups excluding carboxylic acids is 1. The molecule has 1 aliphatic rings. The van der Waals surface area contributed by atoms with Crippen molar-refractivity contribution in [3.63, 3.8) is 0 Å². The van der Waals surface area contributed by atoms with E-state index in [2.05, 4.69) is 32.3 Å². The maximum atomic E-state index is 14.5. The average Bonchev–Trinajstić information content (AvgIpc) is 3.23. The number of hydrogen-bond donors (Lipinski definition) is 3. The lowest BCUT2D eigenvalue weighted by Crippen LogP contribution is -2.13. The maximum absolute atomic E-state index is 14.5. The van der Waals surface area contributed by atoms with Crippen LogP contribution in [0.5, 0.6) is 0 Å². The Morgan fingerprint density at radius 1 is 1.38 bits per heavy atom. The van der Waals surface area contributed by atoms with E-state index in [1.807, 2.05) is 0 Å². The molecule has 0 spiro atoms. The summed E-state index contributed by atoms with van der Waals surface area (Å²) in [6, 6.07) is 1.56. The van der Waals surface area contributed by atoms with E-state index in [1.54, 1.807) is 11.6 Å². The Morgan fingerprint density at radius 3 is 2.81 bits per heavy atom. The first kappa shape index (κ1) is 16.1. The largest absolute Gasteiger partial charge is 0.371 e. The Labute approximate surface area is 146 Å². The molecule has 1 amide bonds. The molecule has 4 N–H and O–H groups in total. The highest BCUT2D eigenvalue weighted by molar-refractivity contribution is 5.99. The molecule has 7 nitrogen and oxygen atoms in total. The molecule has 0 radical (unpaired) electrons. The van der Waals surface area contributed by atoms with Crippen LogP contribution in [0, 0.1) is 23.5 Å². The molecule has 3 aromatic rings. The number of H-pyrrole nitrogens is 1. The number of primary amides is 1. The Bertz CT molecular complexity index is 1100. The van der Waals surface area contributed by atoms with Crippen molar-refractivity contribution in [1.29, 1.82) is 0 Å². The molecule has 0 bridgehead atoms. The standard InChI is InChI=1S/C17H14F2N6O/c1-21-17-12(16(20)26)10(23-24-17)5-2-8-6-11-15(14(19)13(8)18)25(7-22-11)9-3-4-9/h6-7,9H,3-4H2,1H3,(H2,20,26)(H2,21,23,24). The molecule has 1 fully saturated rings. The summed E-state index contributed by atoms with van der Waals surface area (Å²) in [6.07, 6.45) is 3.37. The number of amides is 1. The zero-order valence-electron chi connectivity index (χ0n) is 13.7. The average molecular weight is 356 g/mol. The zero-order valence-corrected chi connectivity index (χ0v) is 13.7. The predicted octanol–water partition coefficient (Wildman–Crippen LogP) is 1.91. The summed E-state index contributed by atoms with van der Waals surface area (Å²) in [5.74, 6) is 2.57. The summed E-state index contributed by atoms with van der Waals surface area (Å²) in [5.41, 5.74) is 5.80. The van der Waals surface area contributed by atoms with Crippen LogP contribution in [-0.2, 0) is 0 Å². The van der Waals surface area contributed by atoms with Crippen LogP contribution in [0.2, 0.25) is 0 Å². The fourth-order valence-corrected chi connectivity index (χ4v) is 2.83. The number of benzene rings is 1. The number of anilines is 1. The van der Waals surface area contributed by atoms with Gasteiger partial charge >= 0.3 is 0 Å². The Balaban J connectivity index is 1.80. The normalized spacial score (nSPS) is 13.5. The summed E-state index contributed by atoms with van der Waals surface area (Å²) < 4.78 is 30.6. The maximum Gasteiger partial charge on any atom is 0.255 e. The number of rotatable bonds is 3. The summed E-state index contributed by atoms with van der Waals surface area (Å²) >= 11 is 0. The molecule has 1 saturated carbocycles. The van der Waals surface area contributed by atoms with Crippen molar-refractivity contribution < 1.29 is 13.6 Å². The fraction of sp³-hybridized carbons (Fsp3) is 0.235. The number of fused-ring (bicyclic) bond motifs is 1. The number of nitrogens with one attached hydrogen (secondary N) is 2. The molecule has 132 valence electrons. The van der Waals surface area contributed by atoms with Gasteiger partial charge in [0.25, 0.3) is 5.91 Å². The number of aromatic amines is 1. The molecule has 1 aromatic carbocycles. The second-order valence-electron chi connectivity index (χ2n) is 5.99. The van der Waals surface area contributed by atoms with Crippen molar-refractivity contribution in [2.75, 3.05) is 12.4 Å². The van der Waals surface area contributed by atoms with E-state index in [9.17, 15) is 13.6 Å². The fourth-order valence-electron chi connectivity index (χ4n) is 2.83. The van der Waals surface area contributed by atoms with Crippen LogP contribution in [-0.4, -0.2) is 32.7 Å². The molecule has 26 heavy (non-hydrogen) atoms. The first-order valence-corrected chi connectivity index (χ1v) is 7.93. The second kappa shape index (κ2) is 5.84. The van der Waals surface area contributed by atoms with Crippen molar-refractivity contribution in [2.45, 2.75) is 18.9 Å². The number of nitrogens with two attached hydrogens (primary N) is 1. The van der Waals surface area contributed by atoms with Gasteiger partial charge in [0.05, 0.1) is 17.4 Å². The van der Waals surface area contributed by atoms with Gasteiger partial charge in [-0.3, -0.25) is 9.89 Å². The summed E-state index contributed by atoms with van der Waals surface area (Å²) in [6.45, 7) is 0. The topological polar surface area (TPSA) is 102 Å². The molecule has 9 heteroatoms. The number of carbonyl (C=O) groups is 1. The minimum Gasteiger partial charge on any atom is -0.371 e. The van der Waals surface area contributed by atoms with Gasteiger partial charge in [0.2, 0.25) is 0 Å². The van der Waals surface area contributed by atoms with Crippen molar-refractivity contribution in [1.82, 2.24) is 19.7 Å². The summed E-state index contributed by atoms with van der Waals surface area (Å²) in [7, 11) is 1.57. The van der Waals surface area contributed by atoms with Crippen LogP contribution in [0.15, 0.2) is 12.4 Å². The Hall–Kier alpha value is -3.41. The molecule has 1 aliphatic carbocycles. The van der Waals surface area contributed by atoms with Crippen LogP contribution < -0.4 is 11.1 Å². The van der Waals surface area contributed by atoms with Crippen molar-refractivity contribution in [3.05, 3.63) is 40.8 Å². The third-order valence-electron chi connectivity index (χ3n) is 4.25. The van der Waals surface area contributed by atoms with Crippen LogP contribution in [0.4, 0.5) is 14.6 Å². The van der Waals surface area contributed by atoms with Gasteiger partial charge in [-0.25, -0.2) is 13.8 Å². The number of nitrogens with zero attached hydrogens (tertiary/aromatic N) is 3. The minimum absolute atomic E-state index is 0.0555. The molecular weight excluding hydrogens is 342 g/mol. The van der Waals surface area contributed by atoms with Gasteiger partial charge in [0, 0.05) is 13.1 Å². The second-order valence-corrected chi connectivity index (χ2v) is 5.99. The number of hydrogen-bond acceptors (Lipinski definition) is 4. The first-order valence-electron chi connectivity index (χ1n) is 7.93. The molecule has 0 aliphatic heterocycles. The zero-order chi connectivity index (χ0) is 18.4. The highest BCUT2D eigenvalue weighted by Gasteiger charge is 2.27. The van der Waals surface area contributed by atoms with Crippen LogP contribution in [0.25, 0.3) is 11.0 Å². The third kappa shape index (κ3) is 2.47. The summed E-state index contributed by atoms with van der Waals surface area (Å²) in [4.78, 5) is 15.7. The predicted molar refractivity (Wildman–Crippen MR) is 90.6 cm³/mol. The number of halogens is 2. The van der Waals surface area contributed by atoms with Gasteiger partial charge in [0.1, 0.15) is 16.8 Å². The SMILES string of the molecule is CNc1n[nH]c(C#Cc2cc3ncn(C4CC4)c3c(F)c2F)c1C(N)=O. The minimum atomic E-state index is -1.05. The van der Waals surface area contributed by atoms with Gasteiger partial charge in [-0.2, -0.15) is 5.10 Å². The van der Waals surface area contributed by atoms with E-state index in [0.717, 1.165) is 12.8 Å². The lowest BCUT2D eigenvalue weighted by Gasteiger charge is -2.04. The number of imidazole rings is 1. The smallest absolute Gasteiger partial charge is 0.255 e. The van der Waals surface area contributed by atoms with Gasteiger partial charge in [0.15, 0.2) is 17.5 Å². The highest BCUT2D eigenvalue weighted by Crippen LogP contribution is 2.38. The van der Waals surface area contributed by atoms with Gasteiger partial charge in [-0.05, 0) is 24.8 Å². The lowest BCUT2D eigenvalue weighted by molar-refractivity contribution is 0.100. The molecule has 2 heterocycles. The van der Waals surface area contributed by atoms with Crippen LogP contribution in [0.3, 0.4) is 0 Å². The van der Waals surface area contributed by atoms with Crippen molar-refractivity contribution in [2.24, 2.45) is 5.73 Å². The van der Waals surface area contributed by atoms with E-state index in [0.29, 0.717) is 5.52 Å². The summed E-state index contributed by atoms with van der Waals surface area (Å²) in [5, 5.41) is 9.12. The highest BCUT2D eigenvalue weighted by atomic mass is 19.2. The third-order valence-corrected chi connectivity index (χ3v) is 4.25. The van der Waals surface area contributed by atoms with Crippen molar-refractivity contribution >= 4 is 22.8 Å². The molecule has 2 aromatic heterocycles. The Morgan fingerprint density at radius 2 is 2.15 bits per heavy atom. The monoisotopic (exact) mass is 356 g/mol. The van der Waals surface area contributed by atoms with Crippen molar-refractivity contribution in [3.8, 4) is 11.8 Å². The van der Waals surface area contributed by atoms with Gasteiger partial charge < -0.3 is 15.6 Å². The molecular formula is C17H14F2N6O. The number of aromatic nitrogens is 4. The van der Waals surface area contributed by atoms with E-state index in [4.69, 9.17) is 5.73 Å². The van der Waals surface area contributed by atoms with Crippen LogP contribution in [0.1, 0.15) is 40.5 Å². The first-order chi connectivity index (χ1) is 12.5. The van der Waals surface area contributed by atoms with Crippen LogP contribution >= 0.6 is 0 Å². The molecule has 4 rings (SSSR count). The lowest BCUT2D eigenvalue weighted by atomic mass is 10.1. The van der Waals surface area contributed by atoms with E-state index in [-0.39, 0.29) is 34.2 Å². The molecule has 0 atom stereocenters. The van der Waals surface area contributed by atoms with Gasteiger partial charge in [-0.15, -0.1) is 0 Å². The Kier molecular flexibility index (Phi) is 3.61. The van der Waals surface area contributed by atoms with E-state index in [1.165, 1.54) is 12.4 Å². The quantitative estimate of drug-likeness (QED) is 0.624. The van der Waals surface area contributed by atoms with E-state index >= 15 is 0 Å². The molecule has 0 unspecified atom stereocenters. The van der Waals surface area contributed by atoms with E-state index < -0.39 is 17.5 Å². The molecule has 0 saturated heterocycles.